The fourth-order valence-corrected chi connectivity index (χ4v) is 2.96. The highest BCUT2D eigenvalue weighted by atomic mass is 16.3. The van der Waals surface area contributed by atoms with E-state index < -0.39 is 5.60 Å². The lowest BCUT2D eigenvalue weighted by Gasteiger charge is -2.39. The Bertz CT molecular complexity index is 236. The van der Waals surface area contributed by atoms with Crippen LogP contribution in [-0.4, -0.2) is 10.7 Å². The molecule has 0 aliphatic heterocycles. The number of nitrogens with zero attached hydrogens (tertiary/aromatic N) is 1. The van der Waals surface area contributed by atoms with Crippen molar-refractivity contribution in [3.63, 3.8) is 0 Å². The van der Waals surface area contributed by atoms with Crippen LogP contribution in [0.3, 0.4) is 0 Å². The van der Waals surface area contributed by atoms with Crippen molar-refractivity contribution in [1.29, 1.82) is 5.26 Å². The molecule has 0 spiro atoms. The number of hydrogen-bond donors (Lipinski definition) is 1. The first-order chi connectivity index (χ1) is 7.66. The van der Waals surface area contributed by atoms with Crippen molar-refractivity contribution < 1.29 is 5.11 Å². The molecule has 0 aromatic rings. The van der Waals surface area contributed by atoms with Crippen molar-refractivity contribution in [2.75, 3.05) is 0 Å². The summed E-state index contributed by atoms with van der Waals surface area (Å²) in [5.74, 6) is 0.631. The van der Waals surface area contributed by atoms with Crippen LogP contribution in [0.4, 0.5) is 0 Å². The van der Waals surface area contributed by atoms with Crippen molar-refractivity contribution in [3.05, 3.63) is 0 Å². The van der Waals surface area contributed by atoms with E-state index in [2.05, 4.69) is 19.9 Å². The van der Waals surface area contributed by atoms with Gasteiger partial charge in [-0.15, -0.1) is 0 Å². The van der Waals surface area contributed by atoms with Crippen LogP contribution in [0.1, 0.15) is 65.2 Å². The van der Waals surface area contributed by atoms with Gasteiger partial charge in [0.25, 0.3) is 0 Å². The maximum Gasteiger partial charge on any atom is 0.0805 e. The van der Waals surface area contributed by atoms with Crippen molar-refractivity contribution in [2.24, 2.45) is 11.8 Å². The molecule has 1 atom stereocenters. The van der Waals surface area contributed by atoms with Crippen LogP contribution in [-0.2, 0) is 0 Å². The number of rotatable bonds is 5. The van der Waals surface area contributed by atoms with Crippen LogP contribution >= 0.6 is 0 Å². The summed E-state index contributed by atoms with van der Waals surface area (Å²) in [7, 11) is 0. The van der Waals surface area contributed by atoms with Crippen LogP contribution in [0.15, 0.2) is 0 Å². The van der Waals surface area contributed by atoms with E-state index in [0.29, 0.717) is 0 Å². The highest BCUT2D eigenvalue weighted by Gasteiger charge is 2.39. The Labute approximate surface area is 99.7 Å². The molecule has 2 heteroatoms. The van der Waals surface area contributed by atoms with Crippen molar-refractivity contribution >= 4 is 0 Å². The predicted molar refractivity (Wildman–Crippen MR) is 65.8 cm³/mol. The summed E-state index contributed by atoms with van der Waals surface area (Å²) in [6.45, 7) is 4.30. The van der Waals surface area contributed by atoms with Gasteiger partial charge in [-0.2, -0.15) is 5.26 Å². The first-order valence-electron chi connectivity index (χ1n) is 6.78. The van der Waals surface area contributed by atoms with Crippen molar-refractivity contribution in [1.82, 2.24) is 0 Å². The zero-order valence-electron chi connectivity index (χ0n) is 10.7. The predicted octanol–water partition coefficient (Wildman–Crippen LogP) is 3.65. The molecule has 2 nitrogen and oxygen atoms in total. The lowest BCUT2D eigenvalue weighted by molar-refractivity contribution is -0.0449. The van der Waals surface area contributed by atoms with E-state index in [4.69, 9.17) is 5.26 Å². The summed E-state index contributed by atoms with van der Waals surface area (Å²) < 4.78 is 0. The molecule has 0 bridgehead atoms. The Hall–Kier alpha value is -0.550. The molecule has 1 aliphatic rings. The summed E-state index contributed by atoms with van der Waals surface area (Å²) in [5, 5.41) is 19.7. The minimum absolute atomic E-state index is 0.153. The lowest BCUT2D eigenvalue weighted by Crippen LogP contribution is -2.41. The zero-order chi connectivity index (χ0) is 12.0. The third-order valence-electron chi connectivity index (χ3n) is 4.05. The number of nitriles is 1. The SMILES string of the molecule is CCCC1CCC(O)(C(C#N)CCC)CC1. The number of hydrogen-bond acceptors (Lipinski definition) is 2. The van der Waals surface area contributed by atoms with Crippen molar-refractivity contribution in [3.8, 4) is 6.07 Å². The molecule has 1 aliphatic carbocycles. The fourth-order valence-electron chi connectivity index (χ4n) is 2.96. The lowest BCUT2D eigenvalue weighted by atomic mass is 9.70. The maximum absolute atomic E-state index is 10.5. The Morgan fingerprint density at radius 1 is 1.31 bits per heavy atom. The van der Waals surface area contributed by atoms with E-state index in [1.54, 1.807) is 0 Å². The summed E-state index contributed by atoms with van der Waals surface area (Å²) >= 11 is 0. The van der Waals surface area contributed by atoms with Gasteiger partial charge >= 0.3 is 0 Å². The van der Waals surface area contributed by atoms with Gasteiger partial charge in [-0.05, 0) is 38.0 Å². The molecule has 1 N–H and O–H groups in total. The van der Waals surface area contributed by atoms with Gasteiger partial charge in [0.15, 0.2) is 0 Å². The van der Waals surface area contributed by atoms with Crippen LogP contribution in [0.5, 0.6) is 0 Å². The minimum Gasteiger partial charge on any atom is -0.389 e. The van der Waals surface area contributed by atoms with E-state index in [0.717, 1.165) is 44.4 Å². The molecular weight excluding hydrogens is 198 g/mol. The van der Waals surface area contributed by atoms with Crippen LogP contribution < -0.4 is 0 Å². The normalized spacial score (nSPS) is 32.0. The molecular formula is C14H25NO. The highest BCUT2D eigenvalue weighted by molar-refractivity contribution is 5.00. The second-order valence-corrected chi connectivity index (χ2v) is 5.31. The van der Waals surface area contributed by atoms with Crippen LogP contribution in [0.25, 0.3) is 0 Å². The van der Waals surface area contributed by atoms with Gasteiger partial charge in [-0.25, -0.2) is 0 Å². The molecule has 1 fully saturated rings. The Morgan fingerprint density at radius 3 is 2.38 bits per heavy atom. The fraction of sp³-hybridized carbons (Fsp3) is 0.929. The van der Waals surface area contributed by atoms with E-state index >= 15 is 0 Å². The molecule has 0 amide bonds. The van der Waals surface area contributed by atoms with Gasteiger partial charge in [-0.3, -0.25) is 0 Å². The first-order valence-corrected chi connectivity index (χ1v) is 6.78. The average molecular weight is 223 g/mol. The smallest absolute Gasteiger partial charge is 0.0805 e. The number of aliphatic hydroxyl groups is 1. The third-order valence-corrected chi connectivity index (χ3v) is 4.05. The summed E-state index contributed by atoms with van der Waals surface area (Å²) in [4.78, 5) is 0. The quantitative estimate of drug-likeness (QED) is 0.773. The minimum atomic E-state index is -0.686. The van der Waals surface area contributed by atoms with Gasteiger partial charge in [0, 0.05) is 0 Å². The Kier molecular flexibility index (Phi) is 5.28. The van der Waals surface area contributed by atoms with Crippen molar-refractivity contribution in [2.45, 2.75) is 70.8 Å². The van der Waals surface area contributed by atoms with Crippen LogP contribution in [0.2, 0.25) is 0 Å². The molecule has 1 unspecified atom stereocenters. The molecule has 16 heavy (non-hydrogen) atoms. The molecule has 0 aromatic heterocycles. The second-order valence-electron chi connectivity index (χ2n) is 5.31. The molecule has 0 radical (unpaired) electrons. The van der Waals surface area contributed by atoms with Crippen LogP contribution in [0, 0.1) is 23.2 Å². The van der Waals surface area contributed by atoms with Gasteiger partial charge in [0.2, 0.25) is 0 Å². The summed E-state index contributed by atoms with van der Waals surface area (Å²) in [6, 6.07) is 2.31. The molecule has 92 valence electrons. The molecule has 1 rings (SSSR count). The monoisotopic (exact) mass is 223 g/mol. The van der Waals surface area contributed by atoms with E-state index in [-0.39, 0.29) is 5.92 Å². The van der Waals surface area contributed by atoms with Gasteiger partial charge in [0.05, 0.1) is 17.6 Å². The molecule has 0 heterocycles. The highest BCUT2D eigenvalue weighted by Crippen LogP contribution is 2.40. The zero-order valence-corrected chi connectivity index (χ0v) is 10.7. The second kappa shape index (κ2) is 6.25. The Morgan fingerprint density at radius 2 is 1.94 bits per heavy atom. The van der Waals surface area contributed by atoms with E-state index in [9.17, 15) is 5.11 Å². The standard InChI is InChI=1S/C14H25NO/c1-3-5-12-7-9-14(16,10-8-12)13(11-15)6-4-2/h12-13,16H,3-10H2,1-2H3. The largest absolute Gasteiger partial charge is 0.389 e. The average Bonchev–Trinajstić information content (AvgIpc) is 2.29. The summed E-state index contributed by atoms with van der Waals surface area (Å²) in [5.41, 5.74) is -0.686. The van der Waals surface area contributed by atoms with Gasteiger partial charge in [-0.1, -0.05) is 33.1 Å². The van der Waals surface area contributed by atoms with E-state index in [1.807, 2.05) is 0 Å². The molecule has 0 saturated heterocycles. The maximum atomic E-state index is 10.5. The molecule has 1 saturated carbocycles. The topological polar surface area (TPSA) is 44.0 Å². The Balaban J connectivity index is 2.51. The first kappa shape index (κ1) is 13.5. The molecule has 0 aromatic carbocycles. The van der Waals surface area contributed by atoms with E-state index in [1.165, 1.54) is 12.8 Å². The summed E-state index contributed by atoms with van der Waals surface area (Å²) in [6.07, 6.45) is 8.20. The third kappa shape index (κ3) is 3.22. The van der Waals surface area contributed by atoms with Gasteiger partial charge in [0.1, 0.15) is 0 Å². The van der Waals surface area contributed by atoms with Gasteiger partial charge < -0.3 is 5.11 Å².